The van der Waals surface area contributed by atoms with Crippen molar-refractivity contribution < 1.29 is 19.7 Å². The molecule has 4 heteroatoms. The molecule has 0 amide bonds. The van der Waals surface area contributed by atoms with Gasteiger partial charge in [0.2, 0.25) is 0 Å². The summed E-state index contributed by atoms with van der Waals surface area (Å²) in [5.41, 5.74) is 0. The summed E-state index contributed by atoms with van der Waals surface area (Å²) in [5.74, 6) is -0.752. The van der Waals surface area contributed by atoms with Crippen LogP contribution in [0.15, 0.2) is 48.6 Å². The summed E-state index contributed by atoms with van der Waals surface area (Å²) in [6, 6.07) is 0. The molecule has 3 unspecified atom stereocenters. The van der Waals surface area contributed by atoms with Crippen molar-refractivity contribution in [1.82, 2.24) is 0 Å². The van der Waals surface area contributed by atoms with E-state index in [0.29, 0.717) is 6.42 Å². The number of ether oxygens (including phenoxy) is 1. The van der Waals surface area contributed by atoms with Gasteiger partial charge in [-0.05, 0) is 38.5 Å². The number of aliphatic hydroxyl groups excluding tert-OH is 1. The quantitative estimate of drug-likeness (QED) is 0.301. The standard InChI is InChI=1S/C20H30O4/c1-2-3-4-5-9-12-15-18-20(24-18)17(21)14-11-8-6-7-10-13-16-19(22)23/h3-4,6-7,9,11-12,14,17-18,20-21H,2,5,8,10,13,15-16H2,1H3,(H,22,23)/b4-3+,7-6+,12-9+,14-11+. The maximum absolute atomic E-state index is 10.3. The molecule has 24 heavy (non-hydrogen) atoms. The van der Waals surface area contributed by atoms with Crippen LogP contribution in [0.3, 0.4) is 0 Å². The first-order chi connectivity index (χ1) is 11.6. The van der Waals surface area contributed by atoms with Gasteiger partial charge in [0.1, 0.15) is 12.2 Å². The molecule has 0 spiro atoms. The minimum Gasteiger partial charge on any atom is -0.481 e. The number of carboxylic acids is 1. The lowest BCUT2D eigenvalue weighted by molar-refractivity contribution is -0.137. The molecule has 1 aliphatic heterocycles. The molecule has 0 aromatic carbocycles. The van der Waals surface area contributed by atoms with Crippen LogP contribution in [0.4, 0.5) is 0 Å². The number of hydrogen-bond acceptors (Lipinski definition) is 3. The Balaban J connectivity index is 2.07. The third-order valence-corrected chi connectivity index (χ3v) is 3.70. The van der Waals surface area contributed by atoms with Gasteiger partial charge in [-0.25, -0.2) is 0 Å². The average molecular weight is 334 g/mol. The summed E-state index contributed by atoms with van der Waals surface area (Å²) < 4.78 is 5.49. The monoisotopic (exact) mass is 334 g/mol. The molecular weight excluding hydrogens is 304 g/mol. The Morgan fingerprint density at radius 2 is 1.79 bits per heavy atom. The van der Waals surface area contributed by atoms with Crippen molar-refractivity contribution in [2.45, 2.75) is 70.2 Å². The number of carbonyl (C=O) groups is 1. The molecule has 3 atom stereocenters. The lowest BCUT2D eigenvalue weighted by atomic mass is 10.1. The zero-order chi connectivity index (χ0) is 17.6. The summed E-state index contributed by atoms with van der Waals surface area (Å²) in [6.45, 7) is 2.12. The Morgan fingerprint density at radius 3 is 2.54 bits per heavy atom. The zero-order valence-corrected chi connectivity index (χ0v) is 14.5. The molecule has 0 aromatic rings. The molecule has 1 saturated heterocycles. The number of aliphatic carboxylic acids is 1. The highest BCUT2D eigenvalue weighted by molar-refractivity contribution is 5.66. The van der Waals surface area contributed by atoms with Gasteiger partial charge in [0.15, 0.2) is 0 Å². The predicted octanol–water partition coefficient (Wildman–Crippen LogP) is 4.17. The van der Waals surface area contributed by atoms with E-state index in [4.69, 9.17) is 9.84 Å². The Kier molecular flexibility index (Phi) is 10.8. The molecule has 1 heterocycles. The molecule has 4 nitrogen and oxygen atoms in total. The van der Waals surface area contributed by atoms with Crippen LogP contribution >= 0.6 is 0 Å². The van der Waals surface area contributed by atoms with Gasteiger partial charge < -0.3 is 14.9 Å². The van der Waals surface area contributed by atoms with Crippen molar-refractivity contribution in [1.29, 1.82) is 0 Å². The molecule has 0 radical (unpaired) electrons. The molecule has 0 saturated carbocycles. The second kappa shape index (κ2) is 12.7. The summed E-state index contributed by atoms with van der Waals surface area (Å²) in [5, 5.41) is 18.5. The lowest BCUT2D eigenvalue weighted by Gasteiger charge is -1.99. The maximum atomic E-state index is 10.3. The second-order valence-corrected chi connectivity index (χ2v) is 5.87. The molecule has 2 N–H and O–H groups in total. The fourth-order valence-corrected chi connectivity index (χ4v) is 2.31. The maximum Gasteiger partial charge on any atom is 0.303 e. The van der Waals surface area contributed by atoms with Crippen molar-refractivity contribution in [3.8, 4) is 0 Å². The zero-order valence-electron chi connectivity index (χ0n) is 14.5. The number of allylic oxidation sites excluding steroid dienone is 6. The van der Waals surface area contributed by atoms with Crippen LogP contribution in [-0.2, 0) is 9.53 Å². The van der Waals surface area contributed by atoms with E-state index in [1.807, 2.05) is 18.2 Å². The van der Waals surface area contributed by atoms with Crippen LogP contribution in [0.5, 0.6) is 0 Å². The molecule has 134 valence electrons. The minimum atomic E-state index is -0.752. The van der Waals surface area contributed by atoms with Crippen LogP contribution in [0.25, 0.3) is 0 Å². The van der Waals surface area contributed by atoms with E-state index in [9.17, 15) is 9.90 Å². The highest BCUT2D eigenvalue weighted by Crippen LogP contribution is 2.29. The van der Waals surface area contributed by atoms with E-state index in [1.54, 1.807) is 6.08 Å². The minimum absolute atomic E-state index is 0.0865. The molecular formula is C20H30O4. The van der Waals surface area contributed by atoms with Gasteiger partial charge >= 0.3 is 5.97 Å². The SMILES string of the molecule is CC/C=C/C/C=C/CC1OC1C(O)/C=C/C/C=C/CCCC(=O)O. The Morgan fingerprint density at radius 1 is 1.08 bits per heavy atom. The smallest absolute Gasteiger partial charge is 0.303 e. The van der Waals surface area contributed by atoms with Gasteiger partial charge in [-0.1, -0.05) is 55.5 Å². The fourth-order valence-electron chi connectivity index (χ4n) is 2.31. The van der Waals surface area contributed by atoms with Gasteiger partial charge in [0.05, 0.1) is 6.10 Å². The number of epoxide rings is 1. The van der Waals surface area contributed by atoms with Crippen molar-refractivity contribution in [3.05, 3.63) is 48.6 Å². The predicted molar refractivity (Wildman–Crippen MR) is 96.9 cm³/mol. The van der Waals surface area contributed by atoms with E-state index >= 15 is 0 Å². The number of carboxylic acid groups (broad SMARTS) is 1. The van der Waals surface area contributed by atoms with Gasteiger partial charge in [-0.15, -0.1) is 0 Å². The van der Waals surface area contributed by atoms with Gasteiger partial charge in [-0.2, -0.15) is 0 Å². The van der Waals surface area contributed by atoms with E-state index in [1.165, 1.54) is 0 Å². The normalized spacial score (nSPS) is 22.2. The number of rotatable bonds is 13. The van der Waals surface area contributed by atoms with Crippen molar-refractivity contribution in [3.63, 3.8) is 0 Å². The molecule has 1 fully saturated rings. The Labute approximate surface area is 145 Å². The molecule has 0 aromatic heterocycles. The summed E-state index contributed by atoms with van der Waals surface area (Å²) in [7, 11) is 0. The molecule has 1 rings (SSSR count). The summed E-state index contributed by atoms with van der Waals surface area (Å²) in [4.78, 5) is 10.3. The van der Waals surface area contributed by atoms with E-state index in [0.717, 1.165) is 32.1 Å². The first-order valence-corrected chi connectivity index (χ1v) is 8.82. The molecule has 0 bridgehead atoms. The third-order valence-electron chi connectivity index (χ3n) is 3.70. The van der Waals surface area contributed by atoms with Gasteiger partial charge in [-0.3, -0.25) is 4.79 Å². The Bertz CT molecular complexity index is 462. The van der Waals surface area contributed by atoms with Crippen molar-refractivity contribution in [2.75, 3.05) is 0 Å². The second-order valence-electron chi connectivity index (χ2n) is 5.87. The topological polar surface area (TPSA) is 70.1 Å². The summed E-state index contributed by atoms with van der Waals surface area (Å²) >= 11 is 0. The van der Waals surface area contributed by atoms with Crippen LogP contribution in [-0.4, -0.2) is 34.5 Å². The number of aliphatic hydroxyl groups is 1. The average Bonchev–Trinajstić information content (AvgIpc) is 3.32. The van der Waals surface area contributed by atoms with E-state index in [-0.39, 0.29) is 18.6 Å². The first kappa shape index (κ1) is 20.4. The number of unbranched alkanes of at least 4 members (excludes halogenated alkanes) is 1. The Hall–Kier alpha value is -1.65. The fraction of sp³-hybridized carbons (Fsp3) is 0.550. The van der Waals surface area contributed by atoms with E-state index in [2.05, 4.69) is 31.2 Å². The van der Waals surface area contributed by atoms with Crippen LogP contribution in [0, 0.1) is 0 Å². The van der Waals surface area contributed by atoms with Crippen molar-refractivity contribution in [2.24, 2.45) is 0 Å². The van der Waals surface area contributed by atoms with Crippen molar-refractivity contribution >= 4 is 5.97 Å². The van der Waals surface area contributed by atoms with Crippen LogP contribution < -0.4 is 0 Å². The van der Waals surface area contributed by atoms with Gasteiger partial charge in [0, 0.05) is 6.42 Å². The third kappa shape index (κ3) is 10.2. The number of hydrogen-bond donors (Lipinski definition) is 2. The van der Waals surface area contributed by atoms with Crippen LogP contribution in [0.2, 0.25) is 0 Å². The van der Waals surface area contributed by atoms with Crippen LogP contribution in [0.1, 0.15) is 51.9 Å². The lowest BCUT2D eigenvalue weighted by Crippen LogP contribution is -2.13. The van der Waals surface area contributed by atoms with Gasteiger partial charge in [0.25, 0.3) is 0 Å². The molecule has 0 aliphatic carbocycles. The van der Waals surface area contributed by atoms with E-state index < -0.39 is 12.1 Å². The highest BCUT2D eigenvalue weighted by Gasteiger charge is 2.42. The summed E-state index contributed by atoms with van der Waals surface area (Å²) in [6.07, 6.45) is 20.9. The highest BCUT2D eigenvalue weighted by atomic mass is 16.6. The largest absolute Gasteiger partial charge is 0.481 e. The first-order valence-electron chi connectivity index (χ1n) is 8.82. The molecule has 1 aliphatic rings.